The van der Waals surface area contributed by atoms with Crippen molar-refractivity contribution in [2.45, 2.75) is 70.6 Å². The summed E-state index contributed by atoms with van der Waals surface area (Å²) in [4.78, 5) is 26.7. The number of amides is 1. The minimum atomic E-state index is -0.392. The molecule has 1 aliphatic rings. The fraction of sp³-hybridized carbons (Fsp3) is 0.481. The average Bonchev–Trinajstić information content (AvgIpc) is 3.39. The van der Waals surface area contributed by atoms with E-state index in [1.54, 1.807) is 0 Å². The number of aromatic nitrogens is 3. The van der Waals surface area contributed by atoms with E-state index in [1.807, 2.05) is 37.6 Å². The van der Waals surface area contributed by atoms with Crippen LogP contribution in [0.15, 0.2) is 23.4 Å². The molecule has 198 valence electrons. The molecule has 0 fully saturated rings. The predicted octanol–water partition coefficient (Wildman–Crippen LogP) is 5.81. The second-order valence-corrected chi connectivity index (χ2v) is 11.4. The number of hydrogen-bond acceptors (Lipinski definition) is 8. The fourth-order valence-electron chi connectivity index (χ4n) is 4.52. The van der Waals surface area contributed by atoms with E-state index >= 15 is 0 Å². The van der Waals surface area contributed by atoms with E-state index in [9.17, 15) is 9.59 Å². The summed E-state index contributed by atoms with van der Waals surface area (Å²) in [7, 11) is 3.25. The van der Waals surface area contributed by atoms with Gasteiger partial charge in [-0.05, 0) is 69.2 Å². The van der Waals surface area contributed by atoms with Crippen LogP contribution in [0.5, 0.6) is 5.75 Å². The Balaban J connectivity index is 1.42. The van der Waals surface area contributed by atoms with E-state index in [0.29, 0.717) is 21.5 Å². The number of nitrogens with one attached hydrogen (secondary N) is 1. The smallest absolute Gasteiger partial charge is 0.341 e. The Kier molecular flexibility index (Phi) is 8.91. The summed E-state index contributed by atoms with van der Waals surface area (Å²) in [6, 6.07) is 5.97. The van der Waals surface area contributed by atoms with E-state index in [0.717, 1.165) is 54.5 Å². The van der Waals surface area contributed by atoms with Crippen molar-refractivity contribution >= 4 is 40.0 Å². The Labute approximate surface area is 226 Å². The minimum absolute atomic E-state index is 0.140. The van der Waals surface area contributed by atoms with Gasteiger partial charge in [0.05, 0.1) is 18.4 Å². The standard InChI is InChI=1S/C27H34N4O4S2/c1-16-11-10-13-20(17(16)2)35-18(3)24-29-30-27(31(24)4)36-15-22(32)28-25-23(26(33)34-5)19-12-8-6-7-9-14-21(19)37-25/h10-11,13,18H,6-9,12,14-15H2,1-5H3,(H,28,32). The largest absolute Gasteiger partial charge is 0.482 e. The third-order valence-corrected chi connectivity index (χ3v) is 8.96. The maximum Gasteiger partial charge on any atom is 0.341 e. The highest BCUT2D eigenvalue weighted by Gasteiger charge is 2.26. The number of carbonyl (C=O) groups is 2. The maximum atomic E-state index is 12.9. The molecule has 37 heavy (non-hydrogen) atoms. The molecule has 2 aromatic heterocycles. The zero-order chi connectivity index (χ0) is 26.5. The zero-order valence-corrected chi connectivity index (χ0v) is 23.7. The average molecular weight is 543 g/mol. The van der Waals surface area contributed by atoms with Gasteiger partial charge in [0, 0.05) is 11.9 Å². The molecule has 1 atom stereocenters. The highest BCUT2D eigenvalue weighted by atomic mass is 32.2. The topological polar surface area (TPSA) is 95.3 Å². The second kappa shape index (κ2) is 12.1. The molecule has 0 saturated carbocycles. The van der Waals surface area contributed by atoms with Crippen LogP contribution in [0.4, 0.5) is 5.00 Å². The lowest BCUT2D eigenvalue weighted by Crippen LogP contribution is -2.17. The van der Waals surface area contributed by atoms with Gasteiger partial charge in [0.1, 0.15) is 10.8 Å². The van der Waals surface area contributed by atoms with Gasteiger partial charge < -0.3 is 19.4 Å². The summed E-state index contributed by atoms with van der Waals surface area (Å²) in [5.74, 6) is 1.04. The van der Waals surface area contributed by atoms with Crippen LogP contribution in [0.1, 0.15) is 76.5 Å². The minimum Gasteiger partial charge on any atom is -0.482 e. The van der Waals surface area contributed by atoms with Crippen molar-refractivity contribution in [1.82, 2.24) is 14.8 Å². The number of aryl methyl sites for hydroxylation is 2. The molecule has 1 N–H and O–H groups in total. The Morgan fingerprint density at radius 1 is 1.16 bits per heavy atom. The molecule has 8 nitrogen and oxygen atoms in total. The number of thioether (sulfide) groups is 1. The van der Waals surface area contributed by atoms with Crippen LogP contribution in [-0.4, -0.2) is 39.5 Å². The van der Waals surface area contributed by atoms with Crippen LogP contribution in [0.2, 0.25) is 0 Å². The highest BCUT2D eigenvalue weighted by Crippen LogP contribution is 2.37. The Hall–Kier alpha value is -2.85. The van der Waals surface area contributed by atoms with E-state index < -0.39 is 5.97 Å². The van der Waals surface area contributed by atoms with Crippen molar-refractivity contribution in [3.8, 4) is 5.75 Å². The van der Waals surface area contributed by atoms with Crippen molar-refractivity contribution in [3.63, 3.8) is 0 Å². The van der Waals surface area contributed by atoms with Gasteiger partial charge in [-0.25, -0.2) is 4.79 Å². The Morgan fingerprint density at radius 2 is 1.92 bits per heavy atom. The Bertz CT molecular complexity index is 1280. The van der Waals surface area contributed by atoms with Gasteiger partial charge in [-0.15, -0.1) is 21.5 Å². The number of esters is 1. The van der Waals surface area contributed by atoms with E-state index in [1.165, 1.54) is 41.5 Å². The van der Waals surface area contributed by atoms with Gasteiger partial charge in [-0.1, -0.05) is 36.7 Å². The number of anilines is 1. The Morgan fingerprint density at radius 3 is 2.68 bits per heavy atom. The first-order valence-corrected chi connectivity index (χ1v) is 14.4. The molecule has 0 radical (unpaired) electrons. The van der Waals surface area contributed by atoms with Crippen molar-refractivity contribution in [2.24, 2.45) is 7.05 Å². The van der Waals surface area contributed by atoms with Gasteiger partial charge in [-0.3, -0.25) is 4.79 Å². The van der Waals surface area contributed by atoms with Crippen LogP contribution in [-0.2, 0) is 29.4 Å². The monoisotopic (exact) mass is 542 g/mol. The van der Waals surface area contributed by atoms with Crippen LogP contribution >= 0.6 is 23.1 Å². The molecule has 4 rings (SSSR count). The summed E-state index contributed by atoms with van der Waals surface area (Å²) in [5, 5.41) is 12.8. The SMILES string of the molecule is COC(=O)c1c(NC(=O)CSc2nnc(C(C)Oc3cccc(C)c3C)n2C)sc2c1CCCCCC2. The van der Waals surface area contributed by atoms with Crippen LogP contribution in [0, 0.1) is 13.8 Å². The molecule has 10 heteroatoms. The summed E-state index contributed by atoms with van der Waals surface area (Å²) in [5.41, 5.74) is 3.81. The number of rotatable bonds is 8. The normalized spacial score (nSPS) is 14.3. The first kappa shape index (κ1) is 27.2. The van der Waals surface area contributed by atoms with Crippen LogP contribution in [0.25, 0.3) is 0 Å². The number of nitrogens with zero attached hydrogens (tertiary/aromatic N) is 3. The highest BCUT2D eigenvalue weighted by molar-refractivity contribution is 7.99. The lowest BCUT2D eigenvalue weighted by atomic mass is 9.96. The van der Waals surface area contributed by atoms with Crippen molar-refractivity contribution < 1.29 is 19.1 Å². The number of carbonyl (C=O) groups excluding carboxylic acids is 2. The van der Waals surface area contributed by atoms with E-state index in [-0.39, 0.29) is 17.8 Å². The third kappa shape index (κ3) is 6.18. The van der Waals surface area contributed by atoms with Crippen molar-refractivity contribution in [3.05, 3.63) is 51.2 Å². The van der Waals surface area contributed by atoms with Crippen molar-refractivity contribution in [2.75, 3.05) is 18.2 Å². The summed E-state index contributed by atoms with van der Waals surface area (Å²) in [6.45, 7) is 6.02. The first-order chi connectivity index (χ1) is 17.8. The number of hydrogen-bond donors (Lipinski definition) is 1. The van der Waals surface area contributed by atoms with Gasteiger partial charge >= 0.3 is 5.97 Å². The number of thiophene rings is 1. The van der Waals surface area contributed by atoms with E-state index in [4.69, 9.17) is 9.47 Å². The molecule has 1 aromatic carbocycles. The summed E-state index contributed by atoms with van der Waals surface area (Å²) >= 11 is 2.80. The van der Waals surface area contributed by atoms with Gasteiger partial charge in [0.15, 0.2) is 17.1 Å². The molecule has 0 saturated heterocycles. The third-order valence-electron chi connectivity index (χ3n) is 6.74. The molecule has 1 amide bonds. The molecule has 0 aliphatic heterocycles. The zero-order valence-electron chi connectivity index (χ0n) is 22.1. The molecule has 3 aromatic rings. The van der Waals surface area contributed by atoms with E-state index in [2.05, 4.69) is 28.5 Å². The van der Waals surface area contributed by atoms with Gasteiger partial charge in [0.2, 0.25) is 5.91 Å². The molecular weight excluding hydrogens is 508 g/mol. The van der Waals surface area contributed by atoms with Crippen LogP contribution < -0.4 is 10.1 Å². The molecule has 1 unspecified atom stereocenters. The molecule has 2 heterocycles. The lowest BCUT2D eigenvalue weighted by Gasteiger charge is -2.16. The van der Waals surface area contributed by atoms with Crippen LogP contribution in [0.3, 0.4) is 0 Å². The number of ether oxygens (including phenoxy) is 2. The molecular formula is C27H34N4O4S2. The fourth-order valence-corrected chi connectivity index (χ4v) is 6.53. The van der Waals surface area contributed by atoms with Gasteiger partial charge in [-0.2, -0.15) is 0 Å². The maximum absolute atomic E-state index is 12.9. The predicted molar refractivity (Wildman–Crippen MR) is 147 cm³/mol. The quantitative estimate of drug-likeness (QED) is 0.283. The second-order valence-electron chi connectivity index (χ2n) is 9.31. The number of benzene rings is 1. The molecule has 0 spiro atoms. The molecule has 0 bridgehead atoms. The lowest BCUT2D eigenvalue weighted by molar-refractivity contribution is -0.113. The van der Waals surface area contributed by atoms with Gasteiger partial charge in [0.25, 0.3) is 0 Å². The number of methoxy groups -OCH3 is 1. The summed E-state index contributed by atoms with van der Waals surface area (Å²) < 4.78 is 13.1. The van der Waals surface area contributed by atoms with Crippen molar-refractivity contribution in [1.29, 1.82) is 0 Å². The summed E-state index contributed by atoms with van der Waals surface area (Å²) in [6.07, 6.45) is 5.94. The molecule has 1 aliphatic carbocycles. The first-order valence-electron chi connectivity index (χ1n) is 12.6. The number of fused-ring (bicyclic) bond motifs is 1.